The molecule has 0 bridgehead atoms. The zero-order valence-electron chi connectivity index (χ0n) is 15.4. The Kier molecular flexibility index (Phi) is 5.36. The van der Waals surface area contributed by atoms with Crippen LogP contribution in [0.5, 0.6) is 5.75 Å². The van der Waals surface area contributed by atoms with Crippen LogP contribution in [0.2, 0.25) is 5.02 Å². The van der Waals surface area contributed by atoms with Crippen LogP contribution in [-0.2, 0) is 0 Å². The lowest BCUT2D eigenvalue weighted by molar-refractivity contribution is 0.0697. The van der Waals surface area contributed by atoms with Gasteiger partial charge in [0.15, 0.2) is 0 Å². The summed E-state index contributed by atoms with van der Waals surface area (Å²) in [6.07, 6.45) is 3.76. The van der Waals surface area contributed by atoms with Gasteiger partial charge in [-0.3, -0.25) is 4.98 Å². The van der Waals surface area contributed by atoms with Crippen LogP contribution in [0.1, 0.15) is 28.3 Å². The van der Waals surface area contributed by atoms with Crippen molar-refractivity contribution in [1.29, 1.82) is 0 Å². The van der Waals surface area contributed by atoms with Gasteiger partial charge in [0.25, 0.3) is 0 Å². The van der Waals surface area contributed by atoms with E-state index in [1.165, 1.54) is 24.5 Å². The third-order valence-electron chi connectivity index (χ3n) is 5.03. The molecule has 0 spiro atoms. The molecular weight excluding hydrogens is 395 g/mol. The lowest BCUT2D eigenvalue weighted by Gasteiger charge is -2.27. The topological polar surface area (TPSA) is 71.5 Å². The zero-order valence-corrected chi connectivity index (χ0v) is 16.1. The highest BCUT2D eigenvalue weighted by Crippen LogP contribution is 2.39. The first-order chi connectivity index (χ1) is 14.0. The average molecular weight is 413 g/mol. The highest BCUT2D eigenvalue weighted by molar-refractivity contribution is 6.33. The normalized spacial score (nSPS) is 15.3. The van der Waals surface area contributed by atoms with Gasteiger partial charge in [-0.25, -0.2) is 9.18 Å². The summed E-state index contributed by atoms with van der Waals surface area (Å²) in [4.78, 5) is 15.4. The number of pyridine rings is 1. The minimum atomic E-state index is -1.00. The summed E-state index contributed by atoms with van der Waals surface area (Å²) in [5.41, 5.74) is 3.07. The molecule has 2 N–H and O–H groups in total. The monoisotopic (exact) mass is 412 g/mol. The number of rotatable bonds is 5. The standard InChI is InChI=1S/C22H18ClFN2O3/c23-21-16(2-1-3-18(21)24)13-4-5-15-14(7-9-29-20(15)10-13)11-26-19-12-25-8-6-17(19)22(27)28/h1-6,8,10,12,14,26H,7,9,11H2,(H,27,28). The summed E-state index contributed by atoms with van der Waals surface area (Å²) in [6.45, 7) is 1.08. The second-order valence-corrected chi connectivity index (χ2v) is 7.17. The molecule has 2 aromatic carbocycles. The van der Waals surface area contributed by atoms with Crippen molar-refractivity contribution in [2.45, 2.75) is 12.3 Å². The molecule has 5 nitrogen and oxygen atoms in total. The Morgan fingerprint density at radius 3 is 3.00 bits per heavy atom. The Hall–Kier alpha value is -3.12. The van der Waals surface area contributed by atoms with E-state index in [0.29, 0.717) is 24.4 Å². The number of carboxylic acids is 1. The van der Waals surface area contributed by atoms with Crippen LogP contribution in [0, 0.1) is 5.82 Å². The van der Waals surface area contributed by atoms with E-state index < -0.39 is 11.8 Å². The molecule has 0 amide bonds. The summed E-state index contributed by atoms with van der Waals surface area (Å²) in [7, 11) is 0. The molecule has 0 fully saturated rings. The summed E-state index contributed by atoms with van der Waals surface area (Å²) >= 11 is 6.12. The molecule has 0 aliphatic carbocycles. The highest BCUT2D eigenvalue weighted by Gasteiger charge is 2.23. The molecule has 148 valence electrons. The number of carbonyl (C=O) groups is 1. The molecule has 1 atom stereocenters. The molecule has 0 saturated heterocycles. The smallest absolute Gasteiger partial charge is 0.337 e. The SMILES string of the molecule is O=C(O)c1ccncc1NCC1CCOc2cc(-c3cccc(F)c3Cl)ccc21. The van der Waals surface area contributed by atoms with E-state index in [9.17, 15) is 14.3 Å². The minimum Gasteiger partial charge on any atom is -0.493 e. The lowest BCUT2D eigenvalue weighted by Crippen LogP contribution is -2.21. The Bertz CT molecular complexity index is 1070. The maximum Gasteiger partial charge on any atom is 0.337 e. The molecule has 29 heavy (non-hydrogen) atoms. The summed E-state index contributed by atoms with van der Waals surface area (Å²) in [6, 6.07) is 11.9. The maximum absolute atomic E-state index is 13.8. The van der Waals surface area contributed by atoms with Crippen molar-refractivity contribution < 1.29 is 19.0 Å². The lowest BCUT2D eigenvalue weighted by atomic mass is 9.91. The Morgan fingerprint density at radius 2 is 2.17 bits per heavy atom. The van der Waals surface area contributed by atoms with Crippen molar-refractivity contribution >= 4 is 23.3 Å². The molecule has 2 heterocycles. The Labute approximate surface area is 172 Å². The van der Waals surface area contributed by atoms with Crippen molar-refractivity contribution in [3.8, 4) is 16.9 Å². The number of fused-ring (bicyclic) bond motifs is 1. The predicted octanol–water partition coefficient (Wildman–Crippen LogP) is 5.22. The van der Waals surface area contributed by atoms with Gasteiger partial charge >= 0.3 is 5.97 Å². The first-order valence-corrected chi connectivity index (χ1v) is 9.54. The fourth-order valence-electron chi connectivity index (χ4n) is 3.52. The quantitative estimate of drug-likeness (QED) is 0.601. The van der Waals surface area contributed by atoms with Crippen LogP contribution in [-0.4, -0.2) is 29.2 Å². The number of nitrogens with zero attached hydrogens (tertiary/aromatic N) is 1. The molecule has 7 heteroatoms. The number of hydrogen-bond donors (Lipinski definition) is 2. The van der Waals surface area contributed by atoms with Crippen LogP contribution in [0.15, 0.2) is 54.9 Å². The van der Waals surface area contributed by atoms with Gasteiger partial charge in [0.2, 0.25) is 0 Å². The van der Waals surface area contributed by atoms with Crippen molar-refractivity contribution in [3.05, 3.63) is 76.8 Å². The predicted molar refractivity (Wildman–Crippen MR) is 109 cm³/mol. The fourth-order valence-corrected chi connectivity index (χ4v) is 3.76. The summed E-state index contributed by atoms with van der Waals surface area (Å²) in [5.74, 6) is -0.599. The van der Waals surface area contributed by atoms with Crippen LogP contribution in [0.4, 0.5) is 10.1 Å². The fraction of sp³-hybridized carbons (Fsp3) is 0.182. The summed E-state index contributed by atoms with van der Waals surface area (Å²) < 4.78 is 19.6. The van der Waals surface area contributed by atoms with Gasteiger partial charge in [-0.2, -0.15) is 0 Å². The minimum absolute atomic E-state index is 0.0826. The molecular formula is C22H18ClFN2O3. The van der Waals surface area contributed by atoms with Gasteiger partial charge in [-0.15, -0.1) is 0 Å². The van der Waals surface area contributed by atoms with Gasteiger partial charge < -0.3 is 15.2 Å². The number of benzene rings is 2. The second-order valence-electron chi connectivity index (χ2n) is 6.80. The number of ether oxygens (including phenoxy) is 1. The molecule has 1 aromatic heterocycles. The molecule has 1 aliphatic rings. The van der Waals surface area contributed by atoms with Crippen molar-refractivity contribution in [2.75, 3.05) is 18.5 Å². The van der Waals surface area contributed by atoms with E-state index in [-0.39, 0.29) is 16.5 Å². The molecule has 4 rings (SSSR count). The largest absolute Gasteiger partial charge is 0.493 e. The van der Waals surface area contributed by atoms with E-state index >= 15 is 0 Å². The van der Waals surface area contributed by atoms with Crippen molar-refractivity contribution in [3.63, 3.8) is 0 Å². The van der Waals surface area contributed by atoms with Gasteiger partial charge in [-0.1, -0.05) is 35.9 Å². The van der Waals surface area contributed by atoms with E-state index in [0.717, 1.165) is 23.3 Å². The molecule has 1 aliphatic heterocycles. The Morgan fingerprint density at radius 1 is 1.31 bits per heavy atom. The summed E-state index contributed by atoms with van der Waals surface area (Å²) in [5, 5.41) is 12.6. The highest BCUT2D eigenvalue weighted by atomic mass is 35.5. The third-order valence-corrected chi connectivity index (χ3v) is 5.41. The van der Waals surface area contributed by atoms with Crippen LogP contribution in [0.25, 0.3) is 11.1 Å². The average Bonchev–Trinajstić information content (AvgIpc) is 2.74. The third kappa shape index (κ3) is 3.89. The number of aromatic carboxylic acids is 1. The number of carboxylic acid groups (broad SMARTS) is 1. The van der Waals surface area contributed by atoms with E-state index in [1.54, 1.807) is 12.1 Å². The molecule has 0 radical (unpaired) electrons. The van der Waals surface area contributed by atoms with Gasteiger partial charge in [0.05, 0.1) is 29.1 Å². The molecule has 3 aromatic rings. The number of halogens is 2. The Balaban J connectivity index is 1.58. The van der Waals surface area contributed by atoms with Gasteiger partial charge in [0, 0.05) is 24.2 Å². The molecule has 0 saturated carbocycles. The van der Waals surface area contributed by atoms with Crippen LogP contribution >= 0.6 is 11.6 Å². The second kappa shape index (κ2) is 8.09. The van der Waals surface area contributed by atoms with E-state index in [2.05, 4.69) is 10.3 Å². The van der Waals surface area contributed by atoms with Gasteiger partial charge in [-0.05, 0) is 35.7 Å². The van der Waals surface area contributed by atoms with Crippen molar-refractivity contribution in [1.82, 2.24) is 4.98 Å². The zero-order chi connectivity index (χ0) is 20.4. The maximum atomic E-state index is 13.8. The number of hydrogen-bond acceptors (Lipinski definition) is 4. The van der Waals surface area contributed by atoms with E-state index in [1.807, 2.05) is 18.2 Å². The first kappa shape index (κ1) is 19.2. The van der Waals surface area contributed by atoms with Crippen LogP contribution in [0.3, 0.4) is 0 Å². The van der Waals surface area contributed by atoms with Crippen molar-refractivity contribution in [2.24, 2.45) is 0 Å². The number of anilines is 1. The number of aromatic nitrogens is 1. The number of nitrogens with one attached hydrogen (secondary N) is 1. The van der Waals surface area contributed by atoms with Crippen LogP contribution < -0.4 is 10.1 Å². The molecule has 1 unspecified atom stereocenters. The van der Waals surface area contributed by atoms with E-state index in [4.69, 9.17) is 16.3 Å². The first-order valence-electron chi connectivity index (χ1n) is 9.17. The van der Waals surface area contributed by atoms with Gasteiger partial charge in [0.1, 0.15) is 11.6 Å².